The number of rotatable bonds is 5. The molecule has 0 spiro atoms. The highest BCUT2D eigenvalue weighted by molar-refractivity contribution is 6.42. The van der Waals surface area contributed by atoms with Crippen LogP contribution in [0.15, 0.2) is 18.2 Å². The quantitative estimate of drug-likeness (QED) is 0.619. The van der Waals surface area contributed by atoms with Gasteiger partial charge in [0.2, 0.25) is 5.91 Å². The second-order valence-corrected chi connectivity index (χ2v) is 4.53. The lowest BCUT2D eigenvalue weighted by Gasteiger charge is -2.21. The Morgan fingerprint density at radius 1 is 1.21 bits per heavy atom. The first kappa shape index (κ1) is 15.8. The molecule has 1 rings (SSSR count). The van der Waals surface area contributed by atoms with Gasteiger partial charge < -0.3 is 9.64 Å². The molecule has 1 aromatic rings. The van der Waals surface area contributed by atoms with Gasteiger partial charge >= 0.3 is 5.97 Å². The van der Waals surface area contributed by atoms with Crippen molar-refractivity contribution in [2.45, 2.75) is 20.3 Å². The number of carbonyl (C=O) groups excluding carboxylic acids is 2. The largest absolute Gasteiger partial charge is 0.466 e. The maximum Gasteiger partial charge on any atom is 0.315 e. The fraction of sp³-hybridized carbons (Fsp3) is 0.385. The van der Waals surface area contributed by atoms with Gasteiger partial charge in [0.05, 0.1) is 16.7 Å². The Morgan fingerprint density at radius 3 is 2.42 bits per heavy atom. The van der Waals surface area contributed by atoms with Gasteiger partial charge in [0.25, 0.3) is 0 Å². The van der Waals surface area contributed by atoms with Crippen LogP contribution in [-0.2, 0) is 14.3 Å². The number of ether oxygens (including phenoxy) is 1. The molecule has 1 amide bonds. The molecule has 0 aliphatic heterocycles. The Labute approximate surface area is 122 Å². The third-order valence-corrected chi connectivity index (χ3v) is 3.17. The second kappa shape index (κ2) is 7.36. The summed E-state index contributed by atoms with van der Waals surface area (Å²) in [4.78, 5) is 24.8. The molecule has 0 heterocycles. The summed E-state index contributed by atoms with van der Waals surface area (Å²) in [6.45, 7) is 4.19. The molecule has 104 valence electrons. The molecule has 6 heteroatoms. The zero-order valence-electron chi connectivity index (χ0n) is 10.8. The van der Waals surface area contributed by atoms with E-state index in [1.165, 1.54) is 4.90 Å². The van der Waals surface area contributed by atoms with Crippen LogP contribution >= 0.6 is 23.2 Å². The van der Waals surface area contributed by atoms with E-state index in [1.54, 1.807) is 25.1 Å². The minimum absolute atomic E-state index is 0.255. The van der Waals surface area contributed by atoms with Crippen LogP contribution in [0.3, 0.4) is 0 Å². The molecule has 19 heavy (non-hydrogen) atoms. The molecule has 0 bridgehead atoms. The molecule has 0 radical (unpaired) electrons. The van der Waals surface area contributed by atoms with E-state index < -0.39 is 5.97 Å². The summed E-state index contributed by atoms with van der Waals surface area (Å²) >= 11 is 11.7. The van der Waals surface area contributed by atoms with Crippen molar-refractivity contribution in [1.82, 2.24) is 0 Å². The summed E-state index contributed by atoms with van der Waals surface area (Å²) in [6.07, 6.45) is -0.290. The summed E-state index contributed by atoms with van der Waals surface area (Å²) in [5.41, 5.74) is 0.603. The molecule has 0 saturated heterocycles. The predicted octanol–water partition coefficient (Wildman–Crippen LogP) is 3.30. The summed E-state index contributed by atoms with van der Waals surface area (Å²) in [7, 11) is 0. The second-order valence-electron chi connectivity index (χ2n) is 3.72. The van der Waals surface area contributed by atoms with Gasteiger partial charge in [-0.3, -0.25) is 9.59 Å². The van der Waals surface area contributed by atoms with Gasteiger partial charge in [-0.25, -0.2) is 0 Å². The number of nitrogens with zero attached hydrogens (tertiary/aromatic N) is 1. The number of anilines is 1. The highest BCUT2D eigenvalue weighted by Crippen LogP contribution is 2.27. The zero-order chi connectivity index (χ0) is 14.4. The Hall–Kier alpha value is -1.26. The highest BCUT2D eigenvalue weighted by atomic mass is 35.5. The van der Waals surface area contributed by atoms with Gasteiger partial charge in [-0.05, 0) is 32.0 Å². The standard InChI is InChI=1S/C13H15Cl2NO3/c1-3-16(12(17)8-13(18)19-4-2)9-5-6-10(14)11(15)7-9/h5-7H,3-4,8H2,1-2H3. The van der Waals surface area contributed by atoms with E-state index in [-0.39, 0.29) is 18.9 Å². The number of halogens is 2. The van der Waals surface area contributed by atoms with Crippen LogP contribution in [0.5, 0.6) is 0 Å². The van der Waals surface area contributed by atoms with Crippen molar-refractivity contribution in [1.29, 1.82) is 0 Å². The van der Waals surface area contributed by atoms with Crippen LogP contribution < -0.4 is 4.90 Å². The molecule has 0 saturated carbocycles. The average Bonchev–Trinajstić information content (AvgIpc) is 2.34. The average molecular weight is 304 g/mol. The number of carbonyl (C=O) groups is 2. The van der Waals surface area contributed by atoms with Crippen molar-refractivity contribution in [3.8, 4) is 0 Å². The van der Waals surface area contributed by atoms with Crippen molar-refractivity contribution in [3.05, 3.63) is 28.2 Å². The fourth-order valence-electron chi connectivity index (χ4n) is 1.59. The van der Waals surface area contributed by atoms with Crippen LogP contribution in [0.4, 0.5) is 5.69 Å². The van der Waals surface area contributed by atoms with E-state index in [0.29, 0.717) is 22.3 Å². The minimum Gasteiger partial charge on any atom is -0.466 e. The maximum absolute atomic E-state index is 12.0. The number of hydrogen-bond acceptors (Lipinski definition) is 3. The van der Waals surface area contributed by atoms with Crippen molar-refractivity contribution < 1.29 is 14.3 Å². The van der Waals surface area contributed by atoms with E-state index in [0.717, 1.165) is 0 Å². The van der Waals surface area contributed by atoms with Crippen LogP contribution in [0, 0.1) is 0 Å². The first-order chi connectivity index (χ1) is 8.99. The van der Waals surface area contributed by atoms with Crippen molar-refractivity contribution >= 4 is 40.8 Å². The van der Waals surface area contributed by atoms with Crippen LogP contribution in [-0.4, -0.2) is 25.0 Å². The van der Waals surface area contributed by atoms with Gasteiger partial charge in [-0.2, -0.15) is 0 Å². The number of amides is 1. The lowest BCUT2D eigenvalue weighted by molar-refractivity contribution is -0.145. The van der Waals surface area contributed by atoms with Gasteiger partial charge in [-0.1, -0.05) is 23.2 Å². The van der Waals surface area contributed by atoms with Crippen molar-refractivity contribution in [3.63, 3.8) is 0 Å². The Morgan fingerprint density at radius 2 is 1.89 bits per heavy atom. The summed E-state index contributed by atoms with van der Waals surface area (Å²) in [6, 6.07) is 4.89. The highest BCUT2D eigenvalue weighted by Gasteiger charge is 2.18. The third kappa shape index (κ3) is 4.40. The van der Waals surface area contributed by atoms with Gasteiger partial charge in [0.1, 0.15) is 6.42 Å². The van der Waals surface area contributed by atoms with Crippen LogP contribution in [0.2, 0.25) is 10.0 Å². The monoisotopic (exact) mass is 303 g/mol. The van der Waals surface area contributed by atoms with E-state index >= 15 is 0 Å². The van der Waals surface area contributed by atoms with E-state index in [2.05, 4.69) is 0 Å². The lowest BCUT2D eigenvalue weighted by atomic mass is 10.2. The summed E-state index contributed by atoms with van der Waals surface area (Å²) in [5, 5.41) is 0.779. The minimum atomic E-state index is -0.536. The smallest absolute Gasteiger partial charge is 0.315 e. The molecular weight excluding hydrogens is 289 g/mol. The van der Waals surface area contributed by atoms with E-state index in [4.69, 9.17) is 27.9 Å². The predicted molar refractivity (Wildman–Crippen MR) is 75.7 cm³/mol. The summed E-state index contributed by atoms with van der Waals surface area (Å²) < 4.78 is 4.75. The molecule has 1 aromatic carbocycles. The van der Waals surface area contributed by atoms with Crippen molar-refractivity contribution in [2.75, 3.05) is 18.1 Å². The lowest BCUT2D eigenvalue weighted by Crippen LogP contribution is -2.32. The fourth-order valence-corrected chi connectivity index (χ4v) is 1.88. The molecule has 0 unspecified atom stereocenters. The molecule has 0 fully saturated rings. The van der Waals surface area contributed by atoms with Crippen LogP contribution in [0.1, 0.15) is 20.3 Å². The number of benzene rings is 1. The Bertz CT molecular complexity index is 477. The Kier molecular flexibility index (Phi) is 6.12. The maximum atomic E-state index is 12.0. The molecule has 0 aliphatic carbocycles. The molecule has 0 atom stereocenters. The Balaban J connectivity index is 2.84. The zero-order valence-corrected chi connectivity index (χ0v) is 12.3. The van der Waals surface area contributed by atoms with Gasteiger partial charge in [-0.15, -0.1) is 0 Å². The molecule has 4 nitrogen and oxygen atoms in total. The normalized spacial score (nSPS) is 10.1. The first-order valence-electron chi connectivity index (χ1n) is 5.90. The number of esters is 1. The van der Waals surface area contributed by atoms with Crippen molar-refractivity contribution in [2.24, 2.45) is 0 Å². The SMILES string of the molecule is CCOC(=O)CC(=O)N(CC)c1ccc(Cl)c(Cl)c1. The van der Waals surface area contributed by atoms with Gasteiger partial charge in [0.15, 0.2) is 0 Å². The van der Waals surface area contributed by atoms with Gasteiger partial charge in [0, 0.05) is 12.2 Å². The topological polar surface area (TPSA) is 46.6 Å². The van der Waals surface area contributed by atoms with E-state index in [9.17, 15) is 9.59 Å². The molecule has 0 aliphatic rings. The summed E-state index contributed by atoms with van der Waals surface area (Å²) in [5.74, 6) is -0.870. The van der Waals surface area contributed by atoms with E-state index in [1.807, 2.05) is 6.92 Å². The molecule has 0 N–H and O–H groups in total. The molecular formula is C13H15Cl2NO3. The third-order valence-electron chi connectivity index (χ3n) is 2.43. The van der Waals surface area contributed by atoms with Crippen LogP contribution in [0.25, 0.3) is 0 Å². The number of hydrogen-bond donors (Lipinski definition) is 0. The molecule has 0 aromatic heterocycles. The first-order valence-corrected chi connectivity index (χ1v) is 6.66.